The van der Waals surface area contributed by atoms with Gasteiger partial charge in [0, 0.05) is 73.9 Å². The van der Waals surface area contributed by atoms with E-state index >= 15 is 0 Å². The van der Waals surface area contributed by atoms with Gasteiger partial charge in [0.1, 0.15) is 12.1 Å². The van der Waals surface area contributed by atoms with E-state index in [1.54, 1.807) is 6.33 Å². The topological polar surface area (TPSA) is 54.3 Å². The normalized spacial score (nSPS) is 21.5. The van der Waals surface area contributed by atoms with Gasteiger partial charge in [-0.2, -0.15) is 0 Å². The molecule has 1 aromatic carbocycles. The molecule has 1 amide bonds. The molecule has 5 rings (SSSR count). The molecule has 0 bridgehead atoms. The van der Waals surface area contributed by atoms with Crippen LogP contribution in [-0.2, 0) is 18.3 Å². The summed E-state index contributed by atoms with van der Waals surface area (Å²) in [5, 5.41) is 1.18. The predicted octanol–water partition coefficient (Wildman–Crippen LogP) is 2.41. The van der Waals surface area contributed by atoms with Gasteiger partial charge in [0.05, 0.1) is 6.42 Å². The number of likely N-dealkylation sites (tertiary alicyclic amines) is 1. The largest absolute Gasteiger partial charge is 0.356 e. The minimum absolute atomic E-state index is 0.246. The Bertz CT molecular complexity index is 1030. The molecule has 2 aliphatic rings. The van der Waals surface area contributed by atoms with Crippen molar-refractivity contribution in [1.29, 1.82) is 0 Å². The molecule has 2 saturated heterocycles. The van der Waals surface area contributed by atoms with E-state index in [1.165, 1.54) is 10.9 Å². The van der Waals surface area contributed by atoms with Crippen molar-refractivity contribution < 1.29 is 4.79 Å². The number of fused-ring (bicyclic) bond motifs is 2. The van der Waals surface area contributed by atoms with E-state index in [2.05, 4.69) is 42.7 Å². The fourth-order valence-corrected chi connectivity index (χ4v) is 4.84. The van der Waals surface area contributed by atoms with Crippen LogP contribution in [-0.4, -0.2) is 51.5 Å². The van der Waals surface area contributed by atoms with Crippen LogP contribution in [0.2, 0.25) is 0 Å². The third-order valence-corrected chi connectivity index (χ3v) is 6.27. The van der Waals surface area contributed by atoms with Gasteiger partial charge in [0.2, 0.25) is 5.91 Å². The number of aryl methyl sites for hydroxylation is 2. The first kappa shape index (κ1) is 17.2. The second kappa shape index (κ2) is 6.62. The summed E-state index contributed by atoms with van der Waals surface area (Å²) in [6, 6.07) is 10.3. The van der Waals surface area contributed by atoms with Crippen molar-refractivity contribution in [2.75, 3.05) is 31.1 Å². The average molecular weight is 375 g/mol. The fraction of sp³-hybridized carbons (Fsp3) is 0.409. The van der Waals surface area contributed by atoms with E-state index in [1.807, 2.05) is 32.2 Å². The van der Waals surface area contributed by atoms with Gasteiger partial charge in [-0.05, 0) is 18.6 Å². The average Bonchev–Trinajstić information content (AvgIpc) is 3.34. The summed E-state index contributed by atoms with van der Waals surface area (Å²) < 4.78 is 2.11. The van der Waals surface area contributed by atoms with Crippen molar-refractivity contribution in [3.8, 4) is 0 Å². The Hall–Kier alpha value is -2.89. The van der Waals surface area contributed by atoms with Crippen molar-refractivity contribution in [2.24, 2.45) is 18.9 Å². The Morgan fingerprint density at radius 3 is 2.61 bits per heavy atom. The highest BCUT2D eigenvalue weighted by atomic mass is 16.2. The first-order valence-corrected chi connectivity index (χ1v) is 9.93. The van der Waals surface area contributed by atoms with E-state index in [4.69, 9.17) is 0 Å². The number of amides is 1. The molecule has 2 fully saturated rings. The van der Waals surface area contributed by atoms with E-state index in [-0.39, 0.29) is 5.91 Å². The molecule has 3 aromatic rings. The second-order valence-electron chi connectivity index (χ2n) is 8.20. The molecule has 0 aliphatic carbocycles. The Kier molecular flexibility index (Phi) is 4.07. The first-order chi connectivity index (χ1) is 13.6. The number of aromatic nitrogens is 3. The van der Waals surface area contributed by atoms with Crippen LogP contribution in [0.1, 0.15) is 11.3 Å². The van der Waals surface area contributed by atoms with Gasteiger partial charge in [-0.25, -0.2) is 9.97 Å². The Labute approximate surface area is 164 Å². The molecule has 28 heavy (non-hydrogen) atoms. The fourth-order valence-electron chi connectivity index (χ4n) is 4.84. The molecule has 0 N–H and O–H groups in total. The van der Waals surface area contributed by atoms with Crippen LogP contribution in [0.25, 0.3) is 10.9 Å². The molecule has 0 spiro atoms. The molecule has 2 unspecified atom stereocenters. The van der Waals surface area contributed by atoms with Crippen molar-refractivity contribution in [2.45, 2.75) is 13.3 Å². The third kappa shape index (κ3) is 2.93. The lowest BCUT2D eigenvalue weighted by molar-refractivity contribution is -0.129. The summed E-state index contributed by atoms with van der Waals surface area (Å²) >= 11 is 0. The zero-order valence-electron chi connectivity index (χ0n) is 16.4. The first-order valence-electron chi connectivity index (χ1n) is 9.93. The number of carbonyl (C=O) groups excluding carboxylic acids is 1. The van der Waals surface area contributed by atoms with Crippen LogP contribution < -0.4 is 4.90 Å². The Morgan fingerprint density at radius 1 is 1.11 bits per heavy atom. The maximum absolute atomic E-state index is 13.0. The number of carbonyl (C=O) groups is 1. The van der Waals surface area contributed by atoms with E-state index in [9.17, 15) is 4.79 Å². The van der Waals surface area contributed by atoms with Gasteiger partial charge in [-0.3, -0.25) is 4.79 Å². The zero-order chi connectivity index (χ0) is 19.3. The van der Waals surface area contributed by atoms with Crippen LogP contribution in [0.15, 0.2) is 42.9 Å². The van der Waals surface area contributed by atoms with Crippen molar-refractivity contribution in [1.82, 2.24) is 19.4 Å². The van der Waals surface area contributed by atoms with Gasteiger partial charge < -0.3 is 14.4 Å². The van der Waals surface area contributed by atoms with Crippen LogP contribution >= 0.6 is 0 Å². The molecule has 6 heteroatoms. The van der Waals surface area contributed by atoms with E-state index < -0.39 is 0 Å². The molecule has 2 aliphatic heterocycles. The highest BCUT2D eigenvalue weighted by Gasteiger charge is 2.41. The van der Waals surface area contributed by atoms with Crippen LogP contribution in [0.4, 0.5) is 5.82 Å². The highest BCUT2D eigenvalue weighted by molar-refractivity contribution is 5.89. The molecular formula is C22H25N5O. The second-order valence-corrected chi connectivity index (χ2v) is 8.20. The number of hydrogen-bond acceptors (Lipinski definition) is 4. The van der Waals surface area contributed by atoms with Crippen molar-refractivity contribution >= 4 is 22.6 Å². The van der Waals surface area contributed by atoms with Gasteiger partial charge >= 0.3 is 0 Å². The van der Waals surface area contributed by atoms with Gasteiger partial charge in [-0.1, -0.05) is 18.2 Å². The van der Waals surface area contributed by atoms with Crippen molar-refractivity contribution in [3.05, 3.63) is 54.1 Å². The minimum Gasteiger partial charge on any atom is -0.356 e. The molecule has 4 heterocycles. The van der Waals surface area contributed by atoms with Crippen LogP contribution in [0.3, 0.4) is 0 Å². The van der Waals surface area contributed by atoms with Gasteiger partial charge in [0.25, 0.3) is 0 Å². The van der Waals surface area contributed by atoms with E-state index in [0.29, 0.717) is 18.3 Å². The van der Waals surface area contributed by atoms with Gasteiger partial charge in [0.15, 0.2) is 0 Å². The zero-order valence-corrected chi connectivity index (χ0v) is 16.4. The predicted molar refractivity (Wildman–Crippen MR) is 109 cm³/mol. The standard InChI is InChI=1S/C22H25N5O/c1-15-7-21(24-14-23-15)26-10-17-12-27(13-18(17)11-26)22(28)8-16-9-25(2)20-6-4-3-5-19(16)20/h3-7,9,14,17-18H,8,10-13H2,1-2H3. The number of nitrogens with zero attached hydrogens (tertiary/aromatic N) is 5. The summed E-state index contributed by atoms with van der Waals surface area (Å²) in [5.41, 5.74) is 3.30. The Balaban J connectivity index is 1.26. The summed E-state index contributed by atoms with van der Waals surface area (Å²) in [5.74, 6) is 2.32. The summed E-state index contributed by atoms with van der Waals surface area (Å²) in [7, 11) is 2.04. The lowest BCUT2D eigenvalue weighted by atomic mass is 10.0. The Morgan fingerprint density at radius 2 is 1.86 bits per heavy atom. The third-order valence-electron chi connectivity index (χ3n) is 6.27. The molecule has 2 atom stereocenters. The number of para-hydroxylation sites is 1. The number of hydrogen-bond donors (Lipinski definition) is 0. The highest BCUT2D eigenvalue weighted by Crippen LogP contribution is 2.34. The van der Waals surface area contributed by atoms with Crippen LogP contribution in [0, 0.1) is 18.8 Å². The quantitative estimate of drug-likeness (QED) is 0.706. The lowest BCUT2D eigenvalue weighted by Crippen LogP contribution is -2.34. The summed E-state index contributed by atoms with van der Waals surface area (Å²) in [6.45, 7) is 5.65. The summed E-state index contributed by atoms with van der Waals surface area (Å²) in [6.07, 6.45) is 4.22. The molecular weight excluding hydrogens is 350 g/mol. The molecule has 2 aromatic heterocycles. The van der Waals surface area contributed by atoms with E-state index in [0.717, 1.165) is 43.3 Å². The molecule has 144 valence electrons. The monoisotopic (exact) mass is 375 g/mol. The minimum atomic E-state index is 0.246. The van der Waals surface area contributed by atoms with Gasteiger partial charge in [-0.15, -0.1) is 0 Å². The van der Waals surface area contributed by atoms with Crippen molar-refractivity contribution in [3.63, 3.8) is 0 Å². The molecule has 0 radical (unpaired) electrons. The molecule has 6 nitrogen and oxygen atoms in total. The smallest absolute Gasteiger partial charge is 0.227 e. The lowest BCUT2D eigenvalue weighted by Gasteiger charge is -2.22. The number of rotatable bonds is 3. The SMILES string of the molecule is Cc1cc(N2CC3CN(C(=O)Cc4cn(C)c5ccccc45)CC3C2)ncn1. The number of anilines is 1. The maximum atomic E-state index is 13.0. The number of benzene rings is 1. The molecule has 0 saturated carbocycles. The maximum Gasteiger partial charge on any atom is 0.227 e. The summed E-state index contributed by atoms with van der Waals surface area (Å²) in [4.78, 5) is 26.0. The van der Waals surface area contributed by atoms with Crippen LogP contribution in [0.5, 0.6) is 0 Å².